The highest BCUT2D eigenvalue weighted by atomic mass is 32.2. The Hall–Kier alpha value is -0.950. The van der Waals surface area contributed by atoms with Crippen molar-refractivity contribution in [2.45, 2.75) is 31.6 Å². The number of hydrogen-bond donors (Lipinski definition) is 1. The van der Waals surface area contributed by atoms with E-state index < -0.39 is 10.0 Å². The Morgan fingerprint density at radius 3 is 2.86 bits per heavy atom. The van der Waals surface area contributed by atoms with Gasteiger partial charge in [-0.2, -0.15) is 0 Å². The highest BCUT2D eigenvalue weighted by Gasteiger charge is 2.18. The number of nitrogens with two attached hydrogens (primary N) is 1. The molecule has 0 aliphatic carbocycles. The SMILES string of the molecule is NS(=O)(=O)Cc1nnc2n1CCCC2. The Morgan fingerprint density at radius 1 is 1.36 bits per heavy atom. The molecular formula is C7H12N4O2S. The zero-order valence-electron chi connectivity index (χ0n) is 7.68. The number of fused-ring (bicyclic) bond motifs is 1. The van der Waals surface area contributed by atoms with Gasteiger partial charge < -0.3 is 4.57 Å². The Morgan fingerprint density at radius 2 is 2.14 bits per heavy atom. The van der Waals surface area contributed by atoms with Gasteiger partial charge >= 0.3 is 0 Å². The van der Waals surface area contributed by atoms with E-state index in [2.05, 4.69) is 10.2 Å². The summed E-state index contributed by atoms with van der Waals surface area (Å²) in [5.74, 6) is 1.11. The minimum absolute atomic E-state index is 0.222. The normalized spacial score (nSPS) is 16.6. The Kier molecular flexibility index (Phi) is 2.28. The van der Waals surface area contributed by atoms with Gasteiger partial charge in [0.2, 0.25) is 10.0 Å². The first-order valence-electron chi connectivity index (χ1n) is 4.48. The molecule has 1 aliphatic heterocycles. The van der Waals surface area contributed by atoms with E-state index in [1.165, 1.54) is 0 Å². The molecule has 1 aromatic heterocycles. The van der Waals surface area contributed by atoms with Crippen LogP contribution in [-0.2, 0) is 28.7 Å². The number of sulfonamides is 1. The van der Waals surface area contributed by atoms with Crippen molar-refractivity contribution in [3.63, 3.8) is 0 Å². The minimum Gasteiger partial charge on any atom is -0.314 e. The van der Waals surface area contributed by atoms with Crippen LogP contribution < -0.4 is 5.14 Å². The molecule has 0 unspecified atom stereocenters. The first kappa shape index (κ1) is 9.60. The van der Waals surface area contributed by atoms with Crippen molar-refractivity contribution < 1.29 is 8.42 Å². The van der Waals surface area contributed by atoms with Gasteiger partial charge in [-0.1, -0.05) is 0 Å². The summed E-state index contributed by atoms with van der Waals surface area (Å²) in [6, 6.07) is 0. The molecule has 0 atom stereocenters. The molecule has 0 saturated heterocycles. The van der Waals surface area contributed by atoms with E-state index in [0.29, 0.717) is 5.82 Å². The van der Waals surface area contributed by atoms with Crippen LogP contribution in [0.5, 0.6) is 0 Å². The minimum atomic E-state index is -3.50. The summed E-state index contributed by atoms with van der Waals surface area (Å²) < 4.78 is 23.6. The number of nitrogens with zero attached hydrogens (tertiary/aromatic N) is 3. The van der Waals surface area contributed by atoms with E-state index in [0.717, 1.165) is 31.6 Å². The molecule has 2 N–H and O–H groups in total. The maximum Gasteiger partial charge on any atom is 0.216 e. The monoisotopic (exact) mass is 216 g/mol. The zero-order chi connectivity index (χ0) is 10.2. The lowest BCUT2D eigenvalue weighted by Crippen LogP contribution is -2.20. The fraction of sp³-hybridized carbons (Fsp3) is 0.714. The molecule has 1 aromatic rings. The van der Waals surface area contributed by atoms with Crippen LogP contribution in [0.25, 0.3) is 0 Å². The first-order chi connectivity index (χ1) is 6.56. The van der Waals surface area contributed by atoms with E-state index in [1.54, 1.807) is 0 Å². The lowest BCUT2D eigenvalue weighted by Gasteiger charge is -2.13. The standard InChI is InChI=1S/C7H12N4O2S/c8-14(12,13)5-7-10-9-6-3-1-2-4-11(6)7/h1-5H2,(H2,8,12,13). The van der Waals surface area contributed by atoms with Crippen molar-refractivity contribution in [3.8, 4) is 0 Å². The van der Waals surface area contributed by atoms with Crippen molar-refractivity contribution in [3.05, 3.63) is 11.6 Å². The molecule has 0 fully saturated rings. The molecule has 6 nitrogen and oxygen atoms in total. The second-order valence-electron chi connectivity index (χ2n) is 3.45. The summed E-state index contributed by atoms with van der Waals surface area (Å²) in [6.45, 7) is 0.799. The molecule has 2 heterocycles. The van der Waals surface area contributed by atoms with Gasteiger partial charge in [-0.25, -0.2) is 13.6 Å². The van der Waals surface area contributed by atoms with Crippen molar-refractivity contribution in [2.24, 2.45) is 5.14 Å². The average Bonchev–Trinajstić information content (AvgIpc) is 2.47. The van der Waals surface area contributed by atoms with Gasteiger partial charge in [-0.05, 0) is 12.8 Å². The third-order valence-corrected chi connectivity index (χ3v) is 2.93. The smallest absolute Gasteiger partial charge is 0.216 e. The van der Waals surface area contributed by atoms with E-state index in [1.807, 2.05) is 4.57 Å². The molecule has 2 rings (SSSR count). The van der Waals surface area contributed by atoms with Crippen molar-refractivity contribution in [2.75, 3.05) is 0 Å². The Bertz CT molecular complexity index is 437. The lowest BCUT2D eigenvalue weighted by atomic mass is 10.2. The highest BCUT2D eigenvalue weighted by Crippen LogP contribution is 2.14. The largest absolute Gasteiger partial charge is 0.314 e. The van der Waals surface area contributed by atoms with Crippen LogP contribution in [0.4, 0.5) is 0 Å². The summed E-state index contributed by atoms with van der Waals surface area (Å²) in [7, 11) is -3.50. The number of primary sulfonamides is 1. The molecule has 0 bridgehead atoms. The van der Waals surface area contributed by atoms with Crippen LogP contribution in [-0.4, -0.2) is 23.2 Å². The van der Waals surface area contributed by atoms with Crippen molar-refractivity contribution in [1.29, 1.82) is 0 Å². The molecule has 78 valence electrons. The summed E-state index contributed by atoms with van der Waals surface area (Å²) >= 11 is 0. The van der Waals surface area contributed by atoms with Crippen LogP contribution in [0, 0.1) is 0 Å². The van der Waals surface area contributed by atoms with E-state index >= 15 is 0 Å². The molecule has 1 aliphatic rings. The van der Waals surface area contributed by atoms with Crippen molar-refractivity contribution >= 4 is 10.0 Å². The fourth-order valence-corrected chi connectivity index (χ4v) is 2.23. The van der Waals surface area contributed by atoms with Crippen molar-refractivity contribution in [1.82, 2.24) is 14.8 Å². The summed E-state index contributed by atoms with van der Waals surface area (Å²) in [5, 5.41) is 12.7. The second-order valence-corrected chi connectivity index (χ2v) is 5.06. The van der Waals surface area contributed by atoms with Gasteiger partial charge in [-0.15, -0.1) is 10.2 Å². The quantitative estimate of drug-likeness (QED) is 0.714. The molecule has 0 spiro atoms. The molecule has 7 heteroatoms. The summed E-state index contributed by atoms with van der Waals surface area (Å²) in [4.78, 5) is 0. The topological polar surface area (TPSA) is 90.9 Å². The fourth-order valence-electron chi connectivity index (χ4n) is 1.66. The lowest BCUT2D eigenvalue weighted by molar-refractivity contribution is 0.511. The Labute approximate surface area is 82.2 Å². The first-order valence-corrected chi connectivity index (χ1v) is 6.19. The predicted octanol–water partition coefficient (Wildman–Crippen LogP) is -0.597. The number of hydrogen-bond acceptors (Lipinski definition) is 4. The van der Waals surface area contributed by atoms with Crippen LogP contribution in [0.15, 0.2) is 0 Å². The maximum absolute atomic E-state index is 10.9. The van der Waals surface area contributed by atoms with Crippen LogP contribution >= 0.6 is 0 Å². The maximum atomic E-state index is 10.9. The highest BCUT2D eigenvalue weighted by molar-refractivity contribution is 7.88. The zero-order valence-corrected chi connectivity index (χ0v) is 8.50. The van der Waals surface area contributed by atoms with E-state index in [4.69, 9.17) is 5.14 Å². The van der Waals surface area contributed by atoms with Gasteiger partial charge in [0.1, 0.15) is 17.4 Å². The number of aromatic nitrogens is 3. The van der Waals surface area contributed by atoms with Crippen LogP contribution in [0.3, 0.4) is 0 Å². The molecule has 0 radical (unpaired) electrons. The Balaban J connectivity index is 2.31. The van der Waals surface area contributed by atoms with Gasteiger partial charge in [0.25, 0.3) is 0 Å². The average molecular weight is 216 g/mol. The summed E-state index contributed by atoms with van der Waals surface area (Å²) in [5.41, 5.74) is 0. The second kappa shape index (κ2) is 3.32. The third kappa shape index (κ3) is 1.93. The van der Waals surface area contributed by atoms with E-state index in [-0.39, 0.29) is 5.75 Å². The van der Waals surface area contributed by atoms with Gasteiger partial charge in [0.05, 0.1) is 0 Å². The third-order valence-electron chi connectivity index (χ3n) is 2.27. The molecular weight excluding hydrogens is 204 g/mol. The van der Waals surface area contributed by atoms with E-state index in [9.17, 15) is 8.42 Å². The molecule has 0 saturated carbocycles. The molecule has 0 aromatic carbocycles. The van der Waals surface area contributed by atoms with Gasteiger partial charge in [0.15, 0.2) is 0 Å². The van der Waals surface area contributed by atoms with Gasteiger partial charge in [0, 0.05) is 13.0 Å². The predicted molar refractivity (Wildman–Crippen MR) is 49.8 cm³/mol. The number of aryl methyl sites for hydroxylation is 1. The number of rotatable bonds is 2. The molecule has 0 amide bonds. The summed E-state index contributed by atoms with van der Waals surface area (Å²) in [6.07, 6.45) is 3.01. The van der Waals surface area contributed by atoms with Crippen LogP contribution in [0.1, 0.15) is 24.5 Å². The molecule has 14 heavy (non-hydrogen) atoms. The van der Waals surface area contributed by atoms with Gasteiger partial charge in [-0.3, -0.25) is 0 Å². The van der Waals surface area contributed by atoms with Crippen LogP contribution in [0.2, 0.25) is 0 Å².